The maximum absolute atomic E-state index is 12.1. The molecule has 0 radical (unpaired) electrons. The second-order valence-electron chi connectivity index (χ2n) is 6.40. The zero-order chi connectivity index (χ0) is 12.2. The summed E-state index contributed by atoms with van der Waals surface area (Å²) in [7, 11) is 0. The summed E-state index contributed by atoms with van der Waals surface area (Å²) in [6.07, 6.45) is 1.88. The molecule has 0 amide bonds. The van der Waals surface area contributed by atoms with Crippen LogP contribution in [0.25, 0.3) is 0 Å². The topological polar surface area (TPSA) is 17.1 Å². The third-order valence-electron chi connectivity index (χ3n) is 5.14. The Balaban J connectivity index is 1.94. The van der Waals surface area contributed by atoms with Gasteiger partial charge in [0.25, 0.3) is 0 Å². The summed E-state index contributed by atoms with van der Waals surface area (Å²) in [6, 6.07) is 8.75. The van der Waals surface area contributed by atoms with E-state index < -0.39 is 0 Å². The van der Waals surface area contributed by atoms with Gasteiger partial charge in [-0.15, -0.1) is 0 Å². The third kappa shape index (κ3) is 1.48. The molecule has 0 N–H and O–H groups in total. The van der Waals surface area contributed by atoms with Crippen molar-refractivity contribution in [3.8, 4) is 0 Å². The van der Waals surface area contributed by atoms with Gasteiger partial charge >= 0.3 is 0 Å². The smallest absolute Gasteiger partial charge is 0.137 e. The predicted molar refractivity (Wildman–Crippen MR) is 68.9 cm³/mol. The van der Waals surface area contributed by atoms with Crippen molar-refractivity contribution >= 4 is 5.78 Å². The van der Waals surface area contributed by atoms with Gasteiger partial charge in [-0.25, -0.2) is 0 Å². The minimum Gasteiger partial charge on any atom is -0.299 e. The molecule has 1 aromatic rings. The SMILES string of the molecule is Cc1ccc([C@@H]2CC(=O)[C@@H]3C[C@H]2C3(C)C)cc1. The second-order valence-corrected chi connectivity index (χ2v) is 6.40. The summed E-state index contributed by atoms with van der Waals surface area (Å²) in [5.41, 5.74) is 2.88. The minimum absolute atomic E-state index is 0.227. The fraction of sp³-hybridized carbons (Fsp3) is 0.562. The molecule has 2 bridgehead atoms. The van der Waals surface area contributed by atoms with Crippen LogP contribution in [0.3, 0.4) is 0 Å². The highest BCUT2D eigenvalue weighted by Gasteiger charge is 2.58. The molecule has 3 fully saturated rings. The number of carbonyl (C=O) groups excluding carboxylic acids is 1. The number of aryl methyl sites for hydroxylation is 1. The van der Waals surface area contributed by atoms with Gasteiger partial charge in [0.1, 0.15) is 5.78 Å². The fourth-order valence-corrected chi connectivity index (χ4v) is 3.85. The van der Waals surface area contributed by atoms with E-state index in [4.69, 9.17) is 0 Å². The molecule has 90 valence electrons. The molecule has 1 heteroatoms. The molecule has 17 heavy (non-hydrogen) atoms. The predicted octanol–water partition coefficient (Wildman–Crippen LogP) is 3.71. The van der Waals surface area contributed by atoms with Crippen LogP contribution in [0.1, 0.15) is 43.7 Å². The number of hydrogen-bond acceptors (Lipinski definition) is 1. The Bertz CT molecular complexity index is 455. The summed E-state index contributed by atoms with van der Waals surface area (Å²) in [5, 5.41) is 0. The Kier molecular flexibility index (Phi) is 2.23. The number of benzene rings is 1. The van der Waals surface area contributed by atoms with E-state index in [-0.39, 0.29) is 5.41 Å². The van der Waals surface area contributed by atoms with Gasteiger partial charge in [0.2, 0.25) is 0 Å². The first-order chi connectivity index (χ1) is 8.00. The molecule has 0 unspecified atom stereocenters. The van der Waals surface area contributed by atoms with E-state index in [0.717, 1.165) is 12.8 Å². The molecule has 4 rings (SSSR count). The minimum atomic E-state index is 0.227. The fourth-order valence-electron chi connectivity index (χ4n) is 3.85. The Morgan fingerprint density at radius 2 is 1.82 bits per heavy atom. The molecular formula is C16H20O. The van der Waals surface area contributed by atoms with Crippen molar-refractivity contribution in [3.05, 3.63) is 35.4 Å². The Morgan fingerprint density at radius 1 is 1.18 bits per heavy atom. The highest BCUT2D eigenvalue weighted by molar-refractivity contribution is 5.85. The number of Topliss-reactive ketones (excluding diaryl/α,β-unsaturated/α-hetero) is 1. The molecule has 0 aliphatic heterocycles. The van der Waals surface area contributed by atoms with Crippen LogP contribution in [-0.4, -0.2) is 5.78 Å². The lowest BCUT2D eigenvalue weighted by atomic mass is 9.44. The van der Waals surface area contributed by atoms with Crippen molar-refractivity contribution in [2.24, 2.45) is 17.3 Å². The van der Waals surface area contributed by atoms with Crippen molar-refractivity contribution in [2.45, 2.75) is 39.5 Å². The standard InChI is InChI=1S/C16H20O/c1-10-4-6-11(7-5-10)12-8-15(17)14-9-13(12)16(14,2)3/h4-7,12-14H,8-9H2,1-3H3/t12-,13+,14-/m0/s1. The number of fused-ring (bicyclic) bond motifs is 2. The van der Waals surface area contributed by atoms with Crippen LogP contribution in [0.4, 0.5) is 0 Å². The van der Waals surface area contributed by atoms with E-state index in [1.165, 1.54) is 11.1 Å². The molecule has 0 heterocycles. The van der Waals surface area contributed by atoms with Crippen LogP contribution in [0.5, 0.6) is 0 Å². The zero-order valence-electron chi connectivity index (χ0n) is 10.9. The quantitative estimate of drug-likeness (QED) is 0.716. The van der Waals surface area contributed by atoms with E-state index in [2.05, 4.69) is 45.0 Å². The maximum atomic E-state index is 12.1. The molecule has 1 nitrogen and oxygen atoms in total. The number of rotatable bonds is 1. The first-order valence-electron chi connectivity index (χ1n) is 6.59. The molecule has 3 atom stereocenters. The molecule has 0 saturated heterocycles. The van der Waals surface area contributed by atoms with Crippen molar-refractivity contribution in [1.29, 1.82) is 0 Å². The third-order valence-corrected chi connectivity index (χ3v) is 5.14. The van der Waals surface area contributed by atoms with Gasteiger partial charge in [0, 0.05) is 12.3 Å². The molecule has 3 aliphatic carbocycles. The summed E-state index contributed by atoms with van der Waals surface area (Å²) >= 11 is 0. The monoisotopic (exact) mass is 228 g/mol. The Morgan fingerprint density at radius 3 is 2.35 bits per heavy atom. The molecule has 1 aromatic carbocycles. The van der Waals surface area contributed by atoms with Crippen LogP contribution in [-0.2, 0) is 4.79 Å². The molecular weight excluding hydrogens is 208 g/mol. The number of hydrogen-bond donors (Lipinski definition) is 0. The molecule has 0 spiro atoms. The highest BCUT2D eigenvalue weighted by atomic mass is 16.1. The lowest BCUT2D eigenvalue weighted by molar-refractivity contribution is -0.151. The van der Waals surface area contributed by atoms with Crippen molar-refractivity contribution < 1.29 is 4.79 Å². The van der Waals surface area contributed by atoms with Crippen molar-refractivity contribution in [1.82, 2.24) is 0 Å². The summed E-state index contributed by atoms with van der Waals surface area (Å²) in [5.74, 6) is 1.99. The second kappa shape index (κ2) is 3.44. The van der Waals surface area contributed by atoms with Crippen molar-refractivity contribution in [2.75, 3.05) is 0 Å². The van der Waals surface area contributed by atoms with Crippen LogP contribution in [0.2, 0.25) is 0 Å². The molecule has 0 aromatic heterocycles. The lowest BCUT2D eigenvalue weighted by Crippen LogP contribution is -2.56. The largest absolute Gasteiger partial charge is 0.299 e. The van der Waals surface area contributed by atoms with Gasteiger partial charge in [-0.05, 0) is 36.2 Å². The van der Waals surface area contributed by atoms with Gasteiger partial charge in [0.15, 0.2) is 0 Å². The highest BCUT2D eigenvalue weighted by Crippen LogP contribution is 2.62. The van der Waals surface area contributed by atoms with E-state index in [1.54, 1.807) is 0 Å². The van der Waals surface area contributed by atoms with Crippen LogP contribution in [0.15, 0.2) is 24.3 Å². The number of ketones is 1. The van der Waals surface area contributed by atoms with Gasteiger partial charge in [0.05, 0.1) is 0 Å². The number of carbonyl (C=O) groups is 1. The Hall–Kier alpha value is -1.11. The van der Waals surface area contributed by atoms with E-state index in [1.807, 2.05) is 0 Å². The lowest BCUT2D eigenvalue weighted by Gasteiger charge is -2.59. The van der Waals surface area contributed by atoms with E-state index in [0.29, 0.717) is 23.5 Å². The van der Waals surface area contributed by atoms with Gasteiger partial charge in [-0.3, -0.25) is 4.79 Å². The zero-order valence-corrected chi connectivity index (χ0v) is 10.9. The van der Waals surface area contributed by atoms with Crippen LogP contribution in [0, 0.1) is 24.2 Å². The molecule has 3 saturated carbocycles. The van der Waals surface area contributed by atoms with Gasteiger partial charge < -0.3 is 0 Å². The van der Waals surface area contributed by atoms with Crippen molar-refractivity contribution in [3.63, 3.8) is 0 Å². The first kappa shape index (κ1) is 11.0. The average molecular weight is 228 g/mol. The Labute approximate surface area is 103 Å². The maximum Gasteiger partial charge on any atom is 0.137 e. The average Bonchev–Trinajstić information content (AvgIpc) is 2.28. The van der Waals surface area contributed by atoms with Gasteiger partial charge in [-0.1, -0.05) is 43.7 Å². The molecule has 3 aliphatic rings. The summed E-state index contributed by atoms with van der Waals surface area (Å²) in [4.78, 5) is 12.1. The van der Waals surface area contributed by atoms with Gasteiger partial charge in [-0.2, -0.15) is 0 Å². The van der Waals surface area contributed by atoms with Crippen LogP contribution < -0.4 is 0 Å². The first-order valence-corrected chi connectivity index (χ1v) is 6.59. The van der Waals surface area contributed by atoms with E-state index >= 15 is 0 Å². The normalized spacial score (nSPS) is 34.3. The van der Waals surface area contributed by atoms with E-state index in [9.17, 15) is 4.79 Å². The summed E-state index contributed by atoms with van der Waals surface area (Å²) < 4.78 is 0. The summed E-state index contributed by atoms with van der Waals surface area (Å²) in [6.45, 7) is 6.65. The van der Waals surface area contributed by atoms with Crippen LogP contribution >= 0.6 is 0 Å².